The fourth-order valence-corrected chi connectivity index (χ4v) is 3.73. The van der Waals surface area contributed by atoms with Gasteiger partial charge < -0.3 is 19.7 Å². The van der Waals surface area contributed by atoms with Crippen LogP contribution in [0.3, 0.4) is 0 Å². The first-order valence-corrected chi connectivity index (χ1v) is 10.4. The quantitative estimate of drug-likeness (QED) is 0.651. The molecule has 30 heavy (non-hydrogen) atoms. The summed E-state index contributed by atoms with van der Waals surface area (Å²) in [7, 11) is 1.86. The van der Waals surface area contributed by atoms with Crippen LogP contribution in [0.25, 0.3) is 0 Å². The molecule has 2 aromatic carbocycles. The van der Waals surface area contributed by atoms with Gasteiger partial charge in [0.1, 0.15) is 6.61 Å². The highest BCUT2D eigenvalue weighted by molar-refractivity contribution is 7.80. The summed E-state index contributed by atoms with van der Waals surface area (Å²) in [6.07, 6.45) is 0. The van der Waals surface area contributed by atoms with E-state index in [-0.39, 0.29) is 11.8 Å². The van der Waals surface area contributed by atoms with Gasteiger partial charge >= 0.3 is 0 Å². The Bertz CT molecular complexity index is 982. The molecule has 1 heterocycles. The minimum Gasteiger partial charge on any atom is -0.490 e. The molecule has 0 radical (unpaired) electrons. The van der Waals surface area contributed by atoms with Gasteiger partial charge in [-0.3, -0.25) is 4.79 Å². The highest BCUT2D eigenvalue weighted by Crippen LogP contribution is 2.36. The Labute approximate surface area is 183 Å². The lowest BCUT2D eigenvalue weighted by Crippen LogP contribution is -2.45. The first-order chi connectivity index (χ1) is 14.3. The van der Waals surface area contributed by atoms with E-state index in [1.165, 1.54) is 5.56 Å². The zero-order chi connectivity index (χ0) is 21.8. The Balaban J connectivity index is 1.91. The van der Waals surface area contributed by atoms with Crippen LogP contribution in [0.4, 0.5) is 0 Å². The van der Waals surface area contributed by atoms with E-state index in [1.807, 2.05) is 44.0 Å². The van der Waals surface area contributed by atoms with Crippen LogP contribution in [0.5, 0.6) is 11.5 Å². The average Bonchev–Trinajstić information content (AvgIpc) is 2.72. The third kappa shape index (κ3) is 4.65. The zero-order valence-electron chi connectivity index (χ0n) is 18.1. The number of carbonyl (C=O) groups is 1. The molecule has 3 rings (SSSR count). The van der Waals surface area contributed by atoms with Crippen molar-refractivity contribution in [1.29, 1.82) is 0 Å². The molecule has 1 aliphatic heterocycles. The lowest BCUT2D eigenvalue weighted by atomic mass is 9.92. The fraction of sp³-hybridized carbons (Fsp3) is 0.333. The molecule has 158 valence electrons. The van der Waals surface area contributed by atoms with Crippen molar-refractivity contribution >= 4 is 23.1 Å². The second-order valence-corrected chi connectivity index (χ2v) is 7.80. The molecule has 0 fully saturated rings. The lowest BCUT2D eigenvalue weighted by Gasteiger charge is -2.35. The van der Waals surface area contributed by atoms with Crippen molar-refractivity contribution < 1.29 is 14.3 Å². The van der Waals surface area contributed by atoms with Crippen molar-refractivity contribution in [1.82, 2.24) is 10.2 Å². The van der Waals surface area contributed by atoms with E-state index >= 15 is 0 Å². The molecule has 0 saturated heterocycles. The van der Waals surface area contributed by atoms with Gasteiger partial charge in [-0.15, -0.1) is 0 Å². The number of allylic oxidation sites excluding steroid dienone is 1. The Morgan fingerprint density at radius 2 is 1.80 bits per heavy atom. The SMILES string of the molecule is CCOc1cc(C2NC(=S)N(C)C(C)=C2C(C)=O)ccc1OCc1ccc(C)cc1. The second-order valence-electron chi connectivity index (χ2n) is 7.41. The normalized spacial score (nSPS) is 16.4. The van der Waals surface area contributed by atoms with Crippen molar-refractivity contribution in [3.8, 4) is 11.5 Å². The van der Waals surface area contributed by atoms with Crippen LogP contribution in [0, 0.1) is 6.92 Å². The second kappa shape index (κ2) is 9.30. The summed E-state index contributed by atoms with van der Waals surface area (Å²) in [6.45, 7) is 8.46. The molecule has 1 aliphatic rings. The molecule has 0 spiro atoms. The molecule has 0 saturated carbocycles. The van der Waals surface area contributed by atoms with Gasteiger partial charge in [0, 0.05) is 18.3 Å². The highest BCUT2D eigenvalue weighted by atomic mass is 32.1. The van der Waals surface area contributed by atoms with Crippen molar-refractivity contribution in [2.24, 2.45) is 0 Å². The van der Waals surface area contributed by atoms with Crippen molar-refractivity contribution in [2.75, 3.05) is 13.7 Å². The Hall–Kier alpha value is -2.86. The van der Waals surface area contributed by atoms with Crippen molar-refractivity contribution in [3.63, 3.8) is 0 Å². The lowest BCUT2D eigenvalue weighted by molar-refractivity contribution is -0.114. The van der Waals surface area contributed by atoms with Gasteiger partial charge in [0.25, 0.3) is 0 Å². The molecular formula is C24H28N2O3S. The number of nitrogens with one attached hydrogen (secondary N) is 1. The molecule has 2 aromatic rings. The van der Waals surface area contributed by atoms with Crippen LogP contribution in [0.2, 0.25) is 0 Å². The standard InChI is InChI=1S/C24H28N2O3S/c1-6-28-21-13-19(23-22(17(4)27)16(3)26(5)24(30)25-23)11-12-20(21)29-14-18-9-7-15(2)8-10-18/h7-13,23H,6,14H2,1-5H3,(H,25,30). The van der Waals surface area contributed by atoms with Crippen LogP contribution in [0.1, 0.15) is 43.5 Å². The van der Waals surface area contributed by atoms with Gasteiger partial charge in [0.05, 0.1) is 12.6 Å². The molecule has 6 heteroatoms. The van der Waals surface area contributed by atoms with Gasteiger partial charge in [0.2, 0.25) is 0 Å². The van der Waals surface area contributed by atoms with Crippen LogP contribution in [-0.2, 0) is 11.4 Å². The summed E-state index contributed by atoms with van der Waals surface area (Å²) in [6, 6.07) is 13.7. The molecular weight excluding hydrogens is 396 g/mol. The average molecular weight is 425 g/mol. The third-order valence-corrected chi connectivity index (χ3v) is 5.64. The van der Waals surface area contributed by atoms with E-state index in [0.29, 0.717) is 35.4 Å². The number of thiocarbonyl (C=S) groups is 1. The van der Waals surface area contributed by atoms with Crippen LogP contribution < -0.4 is 14.8 Å². The number of Topliss-reactive ketones (excluding diaryl/α,β-unsaturated/α-hetero) is 1. The van der Waals surface area contributed by atoms with Crippen LogP contribution in [-0.4, -0.2) is 29.5 Å². The Kier molecular flexibility index (Phi) is 6.77. The first kappa shape index (κ1) is 21.8. The topological polar surface area (TPSA) is 50.8 Å². The number of hydrogen-bond acceptors (Lipinski definition) is 4. The summed E-state index contributed by atoms with van der Waals surface area (Å²) in [4.78, 5) is 14.2. The van der Waals surface area contributed by atoms with Gasteiger partial charge in [-0.1, -0.05) is 35.9 Å². The van der Waals surface area contributed by atoms with Crippen molar-refractivity contribution in [2.45, 2.75) is 40.3 Å². The maximum Gasteiger partial charge on any atom is 0.173 e. The number of ether oxygens (including phenoxy) is 2. The number of ketones is 1. The molecule has 1 atom stereocenters. The number of benzene rings is 2. The largest absolute Gasteiger partial charge is 0.490 e. The molecule has 0 aromatic heterocycles. The minimum absolute atomic E-state index is 0.0111. The molecule has 1 N–H and O–H groups in total. The highest BCUT2D eigenvalue weighted by Gasteiger charge is 2.31. The number of carbonyl (C=O) groups excluding carboxylic acids is 1. The van der Waals surface area contributed by atoms with E-state index in [0.717, 1.165) is 16.8 Å². The summed E-state index contributed by atoms with van der Waals surface area (Å²) >= 11 is 5.45. The molecule has 0 bridgehead atoms. The number of nitrogens with zero attached hydrogens (tertiary/aromatic N) is 1. The van der Waals surface area contributed by atoms with Gasteiger partial charge in [-0.05, 0) is 63.2 Å². The molecule has 0 amide bonds. The molecule has 0 aliphatic carbocycles. The number of aryl methyl sites for hydroxylation is 1. The Morgan fingerprint density at radius 3 is 2.43 bits per heavy atom. The maximum atomic E-state index is 12.4. The molecule has 1 unspecified atom stereocenters. The summed E-state index contributed by atoms with van der Waals surface area (Å²) < 4.78 is 11.9. The van der Waals surface area contributed by atoms with E-state index in [4.69, 9.17) is 21.7 Å². The maximum absolute atomic E-state index is 12.4. The van der Waals surface area contributed by atoms with E-state index in [2.05, 4.69) is 36.5 Å². The Morgan fingerprint density at radius 1 is 1.10 bits per heavy atom. The fourth-order valence-electron chi connectivity index (χ4n) is 3.48. The minimum atomic E-state index is -0.323. The predicted octanol–water partition coefficient (Wildman–Crippen LogP) is 4.70. The van der Waals surface area contributed by atoms with E-state index < -0.39 is 0 Å². The van der Waals surface area contributed by atoms with E-state index in [1.54, 1.807) is 6.92 Å². The summed E-state index contributed by atoms with van der Waals surface area (Å²) in [5, 5.41) is 3.86. The first-order valence-electron chi connectivity index (χ1n) is 10.0. The van der Waals surface area contributed by atoms with Gasteiger partial charge in [0.15, 0.2) is 22.4 Å². The summed E-state index contributed by atoms with van der Waals surface area (Å²) in [5.41, 5.74) is 4.76. The third-order valence-electron chi connectivity index (χ3n) is 5.25. The number of rotatable bonds is 7. The van der Waals surface area contributed by atoms with Crippen LogP contribution >= 0.6 is 12.2 Å². The van der Waals surface area contributed by atoms with Gasteiger partial charge in [-0.2, -0.15) is 0 Å². The van der Waals surface area contributed by atoms with Crippen LogP contribution in [0.15, 0.2) is 53.7 Å². The zero-order valence-corrected chi connectivity index (χ0v) is 18.9. The molecule has 5 nitrogen and oxygen atoms in total. The van der Waals surface area contributed by atoms with Crippen molar-refractivity contribution in [3.05, 3.63) is 70.4 Å². The smallest absolute Gasteiger partial charge is 0.173 e. The van der Waals surface area contributed by atoms with Gasteiger partial charge in [-0.25, -0.2) is 0 Å². The predicted molar refractivity (Wildman–Crippen MR) is 123 cm³/mol. The monoisotopic (exact) mass is 424 g/mol. The number of hydrogen-bond donors (Lipinski definition) is 1. The van der Waals surface area contributed by atoms with E-state index in [9.17, 15) is 4.79 Å². The summed E-state index contributed by atoms with van der Waals surface area (Å²) in [5.74, 6) is 1.33.